The molecule has 0 bridgehead atoms. The predicted octanol–water partition coefficient (Wildman–Crippen LogP) is 7.88. The van der Waals surface area contributed by atoms with E-state index in [1.165, 1.54) is 6.07 Å². The van der Waals surface area contributed by atoms with Crippen LogP contribution in [0.2, 0.25) is 0 Å². The molecule has 1 amide bonds. The summed E-state index contributed by atoms with van der Waals surface area (Å²) in [5, 5.41) is 11.6. The number of rotatable bonds is 7. The number of anilines is 1. The molecule has 0 unspecified atom stereocenters. The Bertz CT molecular complexity index is 1830. The minimum Gasteiger partial charge on any atom is -0.337 e. The van der Waals surface area contributed by atoms with Crippen LogP contribution in [0.5, 0.6) is 0 Å². The molecular formula is C32H28FN5O. The Morgan fingerprint density at radius 1 is 0.897 bits per heavy atom. The molecule has 0 aliphatic heterocycles. The Balaban J connectivity index is 1.43. The summed E-state index contributed by atoms with van der Waals surface area (Å²) in [6.45, 7) is 4.10. The second-order valence-electron chi connectivity index (χ2n) is 9.67. The molecule has 6 rings (SSSR count). The average molecular weight is 518 g/mol. The second-order valence-corrected chi connectivity index (χ2v) is 9.67. The molecule has 2 heterocycles. The number of para-hydroxylation sites is 1. The van der Waals surface area contributed by atoms with E-state index < -0.39 is 0 Å². The van der Waals surface area contributed by atoms with Crippen LogP contribution in [0, 0.1) is 5.82 Å². The van der Waals surface area contributed by atoms with Crippen LogP contribution < -0.4 is 5.32 Å². The third kappa shape index (κ3) is 4.68. The summed E-state index contributed by atoms with van der Waals surface area (Å²) in [4.78, 5) is 20.5. The topological polar surface area (TPSA) is 86.5 Å². The van der Waals surface area contributed by atoms with E-state index in [0.717, 1.165) is 57.2 Å². The Morgan fingerprint density at radius 2 is 1.74 bits per heavy atom. The lowest BCUT2D eigenvalue weighted by atomic mass is 9.99. The lowest BCUT2D eigenvalue weighted by molar-refractivity contribution is -0.116. The molecule has 0 aliphatic rings. The van der Waals surface area contributed by atoms with Crippen LogP contribution in [-0.2, 0) is 11.2 Å². The van der Waals surface area contributed by atoms with Gasteiger partial charge >= 0.3 is 0 Å². The summed E-state index contributed by atoms with van der Waals surface area (Å²) in [5.74, 6) is 0.333. The van der Waals surface area contributed by atoms with Crippen LogP contribution in [0.1, 0.15) is 32.3 Å². The molecule has 0 atom stereocenters. The van der Waals surface area contributed by atoms with Crippen molar-refractivity contribution >= 4 is 33.5 Å². The van der Waals surface area contributed by atoms with Crippen LogP contribution in [0.3, 0.4) is 0 Å². The number of halogens is 1. The standard InChI is InChI=1S/C32H28FN5O/c1-3-8-29(39)34-22-16-19(4-2)15-21(17-22)20-13-14-27-25(18-20)31(38-37-27)32-35-28-12-7-10-24(30(28)36-32)23-9-5-6-11-26(23)33/h5-7,9-18H,3-4,8H2,1-2H3,(H,34,39)(H,35,36)(H,37,38). The van der Waals surface area contributed by atoms with Crippen LogP contribution in [0.15, 0.2) is 78.9 Å². The highest BCUT2D eigenvalue weighted by Gasteiger charge is 2.17. The number of hydrogen-bond donors (Lipinski definition) is 3. The molecule has 194 valence electrons. The van der Waals surface area contributed by atoms with Gasteiger partial charge in [-0.3, -0.25) is 9.89 Å². The molecule has 7 heteroatoms. The van der Waals surface area contributed by atoms with E-state index in [9.17, 15) is 9.18 Å². The number of aromatic amines is 2. The maximum absolute atomic E-state index is 14.6. The Labute approximate surface area is 225 Å². The molecule has 0 aliphatic carbocycles. The van der Waals surface area contributed by atoms with Gasteiger partial charge in [-0.05, 0) is 65.9 Å². The normalized spacial score (nSPS) is 11.4. The lowest BCUT2D eigenvalue weighted by Crippen LogP contribution is -2.10. The van der Waals surface area contributed by atoms with Crippen LogP contribution in [-0.4, -0.2) is 26.1 Å². The number of aromatic nitrogens is 4. The second kappa shape index (κ2) is 10.2. The molecule has 6 aromatic rings. The molecule has 2 aromatic heterocycles. The maximum Gasteiger partial charge on any atom is 0.224 e. The number of carbonyl (C=O) groups is 1. The van der Waals surface area contributed by atoms with Crippen molar-refractivity contribution in [3.8, 4) is 33.8 Å². The smallest absolute Gasteiger partial charge is 0.224 e. The van der Waals surface area contributed by atoms with Crippen molar-refractivity contribution in [2.24, 2.45) is 0 Å². The van der Waals surface area contributed by atoms with E-state index in [1.54, 1.807) is 12.1 Å². The van der Waals surface area contributed by atoms with Crippen LogP contribution in [0.25, 0.3) is 55.7 Å². The predicted molar refractivity (Wildman–Crippen MR) is 155 cm³/mol. The lowest BCUT2D eigenvalue weighted by Gasteiger charge is -2.11. The zero-order valence-electron chi connectivity index (χ0n) is 21.8. The molecule has 6 nitrogen and oxygen atoms in total. The van der Waals surface area contributed by atoms with Crippen molar-refractivity contribution in [3.05, 3.63) is 90.2 Å². The van der Waals surface area contributed by atoms with Crippen LogP contribution >= 0.6 is 0 Å². The van der Waals surface area contributed by atoms with Gasteiger partial charge in [0.1, 0.15) is 11.5 Å². The Kier molecular flexibility index (Phi) is 6.40. The number of nitrogens with one attached hydrogen (secondary N) is 3. The first-order chi connectivity index (χ1) is 19.0. The van der Waals surface area contributed by atoms with Gasteiger partial charge < -0.3 is 10.3 Å². The molecule has 0 saturated heterocycles. The van der Waals surface area contributed by atoms with E-state index in [4.69, 9.17) is 4.98 Å². The molecule has 0 saturated carbocycles. The van der Waals surface area contributed by atoms with E-state index >= 15 is 0 Å². The van der Waals surface area contributed by atoms with E-state index in [2.05, 4.69) is 39.6 Å². The number of carbonyl (C=O) groups excluding carboxylic acids is 1. The summed E-state index contributed by atoms with van der Waals surface area (Å²) >= 11 is 0. The van der Waals surface area contributed by atoms with Gasteiger partial charge in [-0.15, -0.1) is 0 Å². The van der Waals surface area contributed by atoms with Gasteiger partial charge in [0.2, 0.25) is 5.91 Å². The van der Waals surface area contributed by atoms with Gasteiger partial charge in [0.15, 0.2) is 5.82 Å². The fraction of sp³-hybridized carbons (Fsp3) is 0.156. The van der Waals surface area contributed by atoms with E-state index in [1.807, 2.05) is 55.5 Å². The SMILES string of the molecule is CCCC(=O)Nc1cc(CC)cc(-c2ccc3[nH]nc(-c4nc5c(-c6ccccc6F)cccc5[nH]4)c3c2)c1. The molecule has 4 aromatic carbocycles. The van der Waals surface area contributed by atoms with Gasteiger partial charge in [0, 0.05) is 28.6 Å². The summed E-state index contributed by atoms with van der Waals surface area (Å²) < 4.78 is 14.6. The third-order valence-corrected chi connectivity index (χ3v) is 6.96. The number of aryl methyl sites for hydroxylation is 1. The number of nitrogens with zero attached hydrogens (tertiary/aromatic N) is 2. The molecule has 3 N–H and O–H groups in total. The number of imidazole rings is 1. The number of hydrogen-bond acceptors (Lipinski definition) is 3. The van der Waals surface area contributed by atoms with Gasteiger partial charge in [-0.2, -0.15) is 5.10 Å². The highest BCUT2D eigenvalue weighted by atomic mass is 19.1. The molecule has 0 spiro atoms. The molecular weight excluding hydrogens is 489 g/mol. The monoisotopic (exact) mass is 517 g/mol. The zero-order chi connectivity index (χ0) is 26.9. The maximum atomic E-state index is 14.6. The summed E-state index contributed by atoms with van der Waals surface area (Å²) in [6.07, 6.45) is 2.15. The fourth-order valence-electron chi connectivity index (χ4n) is 5.00. The van der Waals surface area contributed by atoms with Crippen LogP contribution in [0.4, 0.5) is 10.1 Å². The third-order valence-electron chi connectivity index (χ3n) is 6.96. The number of amides is 1. The fourth-order valence-corrected chi connectivity index (χ4v) is 5.00. The highest BCUT2D eigenvalue weighted by Crippen LogP contribution is 2.34. The van der Waals surface area contributed by atoms with Crippen molar-refractivity contribution in [2.75, 3.05) is 5.32 Å². The van der Waals surface area contributed by atoms with Crippen molar-refractivity contribution in [1.82, 2.24) is 20.2 Å². The summed E-state index contributed by atoms with van der Waals surface area (Å²) in [6, 6.07) is 24.8. The van der Waals surface area contributed by atoms with Crippen molar-refractivity contribution in [2.45, 2.75) is 33.1 Å². The number of fused-ring (bicyclic) bond motifs is 2. The van der Waals surface area contributed by atoms with Crippen molar-refractivity contribution in [1.29, 1.82) is 0 Å². The largest absolute Gasteiger partial charge is 0.337 e. The van der Waals surface area contributed by atoms with Crippen molar-refractivity contribution < 1.29 is 9.18 Å². The molecule has 0 fully saturated rings. The molecule has 0 radical (unpaired) electrons. The van der Waals surface area contributed by atoms with Gasteiger partial charge in [0.25, 0.3) is 0 Å². The summed E-state index contributed by atoms with van der Waals surface area (Å²) in [7, 11) is 0. The van der Waals surface area contributed by atoms with Crippen molar-refractivity contribution in [3.63, 3.8) is 0 Å². The Hall–Kier alpha value is -4.78. The average Bonchev–Trinajstić information content (AvgIpc) is 3.57. The summed E-state index contributed by atoms with van der Waals surface area (Å²) in [5.41, 5.74) is 8.26. The first kappa shape index (κ1) is 24.6. The quantitative estimate of drug-likeness (QED) is 0.201. The van der Waals surface area contributed by atoms with Gasteiger partial charge in [0.05, 0.1) is 16.6 Å². The number of H-pyrrole nitrogens is 2. The Morgan fingerprint density at radius 3 is 2.56 bits per heavy atom. The zero-order valence-corrected chi connectivity index (χ0v) is 21.8. The number of benzene rings is 4. The first-order valence-electron chi connectivity index (χ1n) is 13.2. The van der Waals surface area contributed by atoms with E-state index in [-0.39, 0.29) is 11.7 Å². The van der Waals surface area contributed by atoms with Gasteiger partial charge in [-0.25, -0.2) is 9.37 Å². The minimum absolute atomic E-state index is 0.0175. The van der Waals surface area contributed by atoms with E-state index in [0.29, 0.717) is 29.0 Å². The minimum atomic E-state index is -0.288. The first-order valence-corrected chi connectivity index (χ1v) is 13.2. The van der Waals surface area contributed by atoms with Gasteiger partial charge in [-0.1, -0.05) is 56.3 Å². The molecule has 39 heavy (non-hydrogen) atoms. The highest BCUT2D eigenvalue weighted by molar-refractivity contribution is 5.99.